The maximum absolute atomic E-state index is 13.6. The average molecular weight is 247 g/mol. The highest BCUT2D eigenvalue weighted by molar-refractivity contribution is 5.26. The molecule has 96 valence electrons. The molecule has 1 atom stereocenters. The van der Waals surface area contributed by atoms with Crippen molar-refractivity contribution in [3.05, 3.63) is 53.4 Å². The number of aryl methyl sites for hydroxylation is 1. The highest BCUT2D eigenvalue weighted by Gasteiger charge is 2.12. The minimum Gasteiger partial charge on any atom is -0.330 e. The van der Waals surface area contributed by atoms with Crippen LogP contribution in [0.4, 0.5) is 4.39 Å². The van der Waals surface area contributed by atoms with Crippen molar-refractivity contribution in [1.29, 1.82) is 0 Å². The van der Waals surface area contributed by atoms with Gasteiger partial charge in [-0.15, -0.1) is 0 Å². The third-order valence-electron chi connectivity index (χ3n) is 3.24. The van der Waals surface area contributed by atoms with Crippen LogP contribution >= 0.6 is 0 Å². The number of benzene rings is 1. The van der Waals surface area contributed by atoms with Crippen molar-refractivity contribution in [3.8, 4) is 0 Å². The van der Waals surface area contributed by atoms with Crippen LogP contribution in [0.5, 0.6) is 0 Å². The Labute approximate surface area is 106 Å². The molecule has 0 saturated heterocycles. The highest BCUT2D eigenvalue weighted by atomic mass is 19.1. The quantitative estimate of drug-likeness (QED) is 0.901. The van der Waals surface area contributed by atoms with Gasteiger partial charge in [-0.05, 0) is 37.6 Å². The van der Waals surface area contributed by atoms with Gasteiger partial charge in [0.25, 0.3) is 0 Å². The number of rotatable bonds is 4. The molecule has 0 amide bonds. The van der Waals surface area contributed by atoms with E-state index < -0.39 is 0 Å². The predicted molar refractivity (Wildman–Crippen MR) is 69.9 cm³/mol. The van der Waals surface area contributed by atoms with Crippen LogP contribution in [0.25, 0.3) is 0 Å². The molecule has 0 bridgehead atoms. The molecule has 0 aliphatic rings. The van der Waals surface area contributed by atoms with Gasteiger partial charge in [0.05, 0.1) is 12.4 Å². The molecule has 3 nitrogen and oxygen atoms in total. The Morgan fingerprint density at radius 3 is 2.89 bits per heavy atom. The van der Waals surface area contributed by atoms with Crippen LogP contribution in [0.2, 0.25) is 0 Å². The van der Waals surface area contributed by atoms with Gasteiger partial charge in [0.2, 0.25) is 0 Å². The molecule has 2 aromatic rings. The summed E-state index contributed by atoms with van der Waals surface area (Å²) in [5, 5.41) is 0. The summed E-state index contributed by atoms with van der Waals surface area (Å²) in [6.07, 6.45) is 4.36. The van der Waals surface area contributed by atoms with Crippen LogP contribution in [-0.2, 0) is 6.42 Å². The Bertz CT molecular complexity index is 534. The molecule has 2 N–H and O–H groups in total. The Hall–Kier alpha value is -1.68. The van der Waals surface area contributed by atoms with Crippen LogP contribution in [-0.4, -0.2) is 16.1 Å². The topological polar surface area (TPSA) is 43.8 Å². The first-order valence-electron chi connectivity index (χ1n) is 6.10. The van der Waals surface area contributed by atoms with Crippen molar-refractivity contribution in [2.75, 3.05) is 6.54 Å². The van der Waals surface area contributed by atoms with Crippen molar-refractivity contribution >= 4 is 0 Å². The van der Waals surface area contributed by atoms with E-state index in [0.717, 1.165) is 17.7 Å². The summed E-state index contributed by atoms with van der Waals surface area (Å²) < 4.78 is 15.6. The van der Waals surface area contributed by atoms with Crippen molar-refractivity contribution in [3.63, 3.8) is 0 Å². The summed E-state index contributed by atoms with van der Waals surface area (Å²) in [6, 6.07) is 5.41. The molecule has 18 heavy (non-hydrogen) atoms. The van der Waals surface area contributed by atoms with Crippen molar-refractivity contribution in [1.82, 2.24) is 9.55 Å². The fraction of sp³-hybridized carbons (Fsp3) is 0.357. The highest BCUT2D eigenvalue weighted by Crippen LogP contribution is 2.21. The summed E-state index contributed by atoms with van der Waals surface area (Å²) >= 11 is 0. The molecule has 0 radical (unpaired) electrons. The number of imidazole rings is 1. The molecule has 0 spiro atoms. The Morgan fingerprint density at radius 1 is 1.44 bits per heavy atom. The van der Waals surface area contributed by atoms with E-state index >= 15 is 0 Å². The van der Waals surface area contributed by atoms with E-state index in [1.165, 1.54) is 0 Å². The zero-order chi connectivity index (χ0) is 13.1. The van der Waals surface area contributed by atoms with Crippen LogP contribution in [0.15, 0.2) is 30.7 Å². The first kappa shape index (κ1) is 12.8. The van der Waals surface area contributed by atoms with E-state index in [0.29, 0.717) is 12.1 Å². The number of halogens is 1. The largest absolute Gasteiger partial charge is 0.330 e. The normalized spacial score (nSPS) is 12.7. The Morgan fingerprint density at radius 2 is 2.22 bits per heavy atom. The number of nitrogens with zero attached hydrogens (tertiary/aromatic N) is 2. The molecule has 1 heterocycles. The lowest BCUT2D eigenvalue weighted by molar-refractivity contribution is 0.585. The second-order valence-corrected chi connectivity index (χ2v) is 4.52. The molecule has 1 unspecified atom stereocenters. The smallest absolute Gasteiger partial charge is 0.126 e. The van der Waals surface area contributed by atoms with E-state index in [2.05, 4.69) is 4.98 Å². The maximum atomic E-state index is 13.6. The molecule has 0 aliphatic carbocycles. The summed E-state index contributed by atoms with van der Waals surface area (Å²) in [5.41, 5.74) is 8.25. The first-order valence-corrected chi connectivity index (χ1v) is 6.10. The summed E-state index contributed by atoms with van der Waals surface area (Å²) in [5.74, 6) is -0.167. The Balaban J connectivity index is 2.32. The lowest BCUT2D eigenvalue weighted by Gasteiger charge is -2.17. The SMILES string of the molecule is Cc1ccc(C(C)n2cncc2CCN)cc1F. The molecule has 0 fully saturated rings. The van der Waals surface area contributed by atoms with Crippen LogP contribution < -0.4 is 5.73 Å². The maximum Gasteiger partial charge on any atom is 0.126 e. The van der Waals surface area contributed by atoms with Gasteiger partial charge in [-0.1, -0.05) is 12.1 Å². The fourth-order valence-corrected chi connectivity index (χ4v) is 2.05. The Kier molecular flexibility index (Phi) is 3.77. The standard InChI is InChI=1S/C14H18FN3/c1-10-3-4-12(7-14(10)15)11(2)18-9-17-8-13(18)5-6-16/h3-4,7-9,11H,5-6,16H2,1-2H3. The van der Waals surface area contributed by atoms with Gasteiger partial charge in [0, 0.05) is 18.3 Å². The summed E-state index contributed by atoms with van der Waals surface area (Å²) in [7, 11) is 0. The predicted octanol–water partition coefficient (Wildman–Crippen LogP) is 2.44. The zero-order valence-electron chi connectivity index (χ0n) is 10.7. The van der Waals surface area contributed by atoms with Crippen LogP contribution in [0, 0.1) is 12.7 Å². The van der Waals surface area contributed by atoms with Crippen molar-refractivity contribution < 1.29 is 4.39 Å². The molecule has 1 aromatic carbocycles. The molecule has 0 saturated carbocycles. The molecule has 2 rings (SSSR count). The fourth-order valence-electron chi connectivity index (χ4n) is 2.05. The van der Waals surface area contributed by atoms with E-state index in [-0.39, 0.29) is 11.9 Å². The third-order valence-corrected chi connectivity index (χ3v) is 3.24. The van der Waals surface area contributed by atoms with Crippen molar-refractivity contribution in [2.24, 2.45) is 5.73 Å². The van der Waals surface area contributed by atoms with Crippen LogP contribution in [0.1, 0.15) is 29.8 Å². The molecular weight excluding hydrogens is 229 g/mol. The van der Waals surface area contributed by atoms with E-state index in [4.69, 9.17) is 5.73 Å². The number of aromatic nitrogens is 2. The third kappa shape index (κ3) is 2.43. The van der Waals surface area contributed by atoms with Gasteiger partial charge >= 0.3 is 0 Å². The summed E-state index contributed by atoms with van der Waals surface area (Å²) in [6.45, 7) is 4.38. The molecule has 1 aromatic heterocycles. The summed E-state index contributed by atoms with van der Waals surface area (Å²) in [4.78, 5) is 4.14. The van der Waals surface area contributed by atoms with E-state index in [1.54, 1.807) is 25.4 Å². The van der Waals surface area contributed by atoms with Crippen LogP contribution in [0.3, 0.4) is 0 Å². The minimum atomic E-state index is -0.167. The second-order valence-electron chi connectivity index (χ2n) is 4.52. The van der Waals surface area contributed by atoms with E-state index in [9.17, 15) is 4.39 Å². The molecular formula is C14H18FN3. The lowest BCUT2D eigenvalue weighted by atomic mass is 10.1. The van der Waals surface area contributed by atoms with Gasteiger partial charge in [0.1, 0.15) is 5.82 Å². The second kappa shape index (κ2) is 5.31. The van der Waals surface area contributed by atoms with Crippen molar-refractivity contribution in [2.45, 2.75) is 26.3 Å². The van der Waals surface area contributed by atoms with Gasteiger partial charge in [-0.2, -0.15) is 0 Å². The lowest BCUT2D eigenvalue weighted by Crippen LogP contribution is -2.13. The van der Waals surface area contributed by atoms with Gasteiger partial charge in [-0.3, -0.25) is 0 Å². The van der Waals surface area contributed by atoms with Gasteiger partial charge in [0.15, 0.2) is 0 Å². The number of hydrogen-bond acceptors (Lipinski definition) is 2. The monoisotopic (exact) mass is 247 g/mol. The average Bonchev–Trinajstić information content (AvgIpc) is 2.80. The molecule has 4 heteroatoms. The zero-order valence-corrected chi connectivity index (χ0v) is 10.7. The molecule has 0 aliphatic heterocycles. The first-order chi connectivity index (χ1) is 8.63. The number of hydrogen-bond donors (Lipinski definition) is 1. The van der Waals surface area contributed by atoms with Gasteiger partial charge < -0.3 is 10.3 Å². The minimum absolute atomic E-state index is 0.0594. The van der Waals surface area contributed by atoms with Gasteiger partial charge in [-0.25, -0.2) is 9.37 Å². The van der Waals surface area contributed by atoms with E-state index in [1.807, 2.05) is 23.8 Å². The number of nitrogens with two attached hydrogens (primary N) is 1.